The molecule has 0 bridgehead atoms. The van der Waals surface area contributed by atoms with E-state index in [1.165, 1.54) is 13.3 Å². The van der Waals surface area contributed by atoms with E-state index in [2.05, 4.69) is 16.0 Å². The first-order valence-electron chi connectivity index (χ1n) is 6.93. The Hall–Kier alpha value is -2.72. The summed E-state index contributed by atoms with van der Waals surface area (Å²) in [4.78, 5) is 8.31. The third kappa shape index (κ3) is 2.76. The summed E-state index contributed by atoms with van der Waals surface area (Å²) in [5.74, 6) is 0.279. The lowest BCUT2D eigenvalue weighted by atomic mass is 10.1. The fourth-order valence-corrected chi connectivity index (χ4v) is 2.66. The van der Waals surface area contributed by atoms with Crippen molar-refractivity contribution in [1.29, 1.82) is 5.26 Å². The second-order valence-electron chi connectivity index (χ2n) is 4.96. The van der Waals surface area contributed by atoms with Crippen LogP contribution in [0.5, 0.6) is 5.88 Å². The second kappa shape index (κ2) is 6.42. The Balaban J connectivity index is 2.18. The number of rotatable bonds is 4. The van der Waals surface area contributed by atoms with Crippen LogP contribution in [0.4, 0.5) is 8.78 Å². The van der Waals surface area contributed by atoms with Gasteiger partial charge in [0.25, 0.3) is 0 Å². The summed E-state index contributed by atoms with van der Waals surface area (Å²) in [7, 11) is 1.35. The predicted octanol–water partition coefficient (Wildman–Crippen LogP) is 3.76. The van der Waals surface area contributed by atoms with Gasteiger partial charge in [0, 0.05) is 29.8 Å². The molecule has 8 heteroatoms. The molecule has 2 aromatic heterocycles. The van der Waals surface area contributed by atoms with Crippen molar-refractivity contribution in [2.45, 2.75) is 12.8 Å². The average Bonchev–Trinajstić information content (AvgIpc) is 2.99. The van der Waals surface area contributed by atoms with Gasteiger partial charge in [-0.15, -0.1) is 0 Å². The van der Waals surface area contributed by atoms with Crippen LogP contribution in [-0.4, -0.2) is 28.1 Å². The minimum atomic E-state index is -2.52. The molecule has 24 heavy (non-hydrogen) atoms. The molecule has 0 amide bonds. The average molecular weight is 349 g/mol. The van der Waals surface area contributed by atoms with E-state index in [1.807, 2.05) is 0 Å². The van der Waals surface area contributed by atoms with Crippen molar-refractivity contribution in [3.8, 4) is 17.9 Å². The van der Waals surface area contributed by atoms with Crippen molar-refractivity contribution in [1.82, 2.24) is 14.5 Å². The van der Waals surface area contributed by atoms with E-state index in [0.717, 1.165) is 5.39 Å². The van der Waals surface area contributed by atoms with Crippen LogP contribution in [0.2, 0.25) is 5.02 Å². The van der Waals surface area contributed by atoms with Gasteiger partial charge in [-0.05, 0) is 12.1 Å². The molecule has 122 valence electrons. The van der Waals surface area contributed by atoms with Crippen LogP contribution in [0.25, 0.3) is 16.9 Å². The van der Waals surface area contributed by atoms with Gasteiger partial charge in [0.2, 0.25) is 18.3 Å². The van der Waals surface area contributed by atoms with Crippen molar-refractivity contribution in [3.05, 3.63) is 46.7 Å². The molecule has 0 aliphatic carbocycles. The zero-order chi connectivity index (χ0) is 17.3. The molecule has 0 unspecified atom stereocenters. The molecule has 0 aliphatic heterocycles. The van der Waals surface area contributed by atoms with Crippen molar-refractivity contribution < 1.29 is 13.5 Å². The normalized spacial score (nSPS) is 11.0. The minimum Gasteiger partial charge on any atom is -0.481 e. The van der Waals surface area contributed by atoms with Gasteiger partial charge in [-0.2, -0.15) is 10.2 Å². The maximum Gasteiger partial charge on any atom is 0.242 e. The predicted molar refractivity (Wildman–Crippen MR) is 84.9 cm³/mol. The standard InChI is InChI=1S/C16H11ClF2N4O/c1-24-15-10(6-13(18)19)8-21-16(22-15)23-5-4-9-2-3-12(17)11(7-20)14(9)23/h2-5,8,13H,6H2,1H3. The maximum absolute atomic E-state index is 12.6. The Kier molecular flexibility index (Phi) is 4.32. The Morgan fingerprint density at radius 3 is 2.83 bits per heavy atom. The van der Waals surface area contributed by atoms with Crippen molar-refractivity contribution in [2.75, 3.05) is 7.11 Å². The quantitative estimate of drug-likeness (QED) is 0.720. The van der Waals surface area contributed by atoms with Crippen LogP contribution in [0.1, 0.15) is 11.1 Å². The van der Waals surface area contributed by atoms with Crippen molar-refractivity contribution in [3.63, 3.8) is 0 Å². The number of nitrogens with zero attached hydrogens (tertiary/aromatic N) is 4. The second-order valence-corrected chi connectivity index (χ2v) is 5.36. The Morgan fingerprint density at radius 2 is 2.17 bits per heavy atom. The van der Waals surface area contributed by atoms with Crippen molar-refractivity contribution in [2.24, 2.45) is 0 Å². The number of hydrogen-bond acceptors (Lipinski definition) is 4. The van der Waals surface area contributed by atoms with E-state index >= 15 is 0 Å². The van der Waals surface area contributed by atoms with E-state index in [9.17, 15) is 14.0 Å². The molecular formula is C16H11ClF2N4O. The summed E-state index contributed by atoms with van der Waals surface area (Å²) in [5, 5.41) is 10.5. The van der Waals surface area contributed by atoms with Crippen LogP contribution in [0, 0.1) is 11.3 Å². The first kappa shape index (κ1) is 16.1. The van der Waals surface area contributed by atoms with Crippen LogP contribution in [0.3, 0.4) is 0 Å². The smallest absolute Gasteiger partial charge is 0.242 e. The molecule has 0 saturated carbocycles. The third-order valence-electron chi connectivity index (χ3n) is 3.51. The molecule has 3 aromatic rings. The Bertz CT molecular complexity index is 949. The summed E-state index contributed by atoms with van der Waals surface area (Å²) in [6, 6.07) is 7.26. The summed E-state index contributed by atoms with van der Waals surface area (Å²) < 4.78 is 31.9. The SMILES string of the molecule is COc1nc(-n2ccc3ccc(Cl)c(C#N)c32)ncc1CC(F)F. The molecule has 0 radical (unpaired) electrons. The topological polar surface area (TPSA) is 63.7 Å². The number of halogens is 3. The number of hydrogen-bond donors (Lipinski definition) is 0. The highest BCUT2D eigenvalue weighted by molar-refractivity contribution is 6.32. The first-order valence-corrected chi connectivity index (χ1v) is 7.31. The molecule has 5 nitrogen and oxygen atoms in total. The molecule has 0 N–H and O–H groups in total. The fourth-order valence-electron chi connectivity index (χ4n) is 2.46. The number of alkyl halides is 2. The van der Waals surface area contributed by atoms with Crippen LogP contribution in [0.15, 0.2) is 30.6 Å². The monoisotopic (exact) mass is 348 g/mol. The zero-order valence-corrected chi connectivity index (χ0v) is 13.3. The number of methoxy groups -OCH3 is 1. The summed E-state index contributed by atoms with van der Waals surface area (Å²) in [6.07, 6.45) is -0.0330. The lowest BCUT2D eigenvalue weighted by Gasteiger charge is -2.10. The summed E-state index contributed by atoms with van der Waals surface area (Å²) in [6.45, 7) is 0. The van der Waals surface area contributed by atoms with Gasteiger partial charge in [-0.3, -0.25) is 4.57 Å². The van der Waals surface area contributed by atoms with Gasteiger partial charge in [0.1, 0.15) is 6.07 Å². The summed E-state index contributed by atoms with van der Waals surface area (Å²) >= 11 is 6.08. The van der Waals surface area contributed by atoms with E-state index in [1.54, 1.807) is 29.0 Å². The van der Waals surface area contributed by atoms with Crippen LogP contribution >= 0.6 is 11.6 Å². The van der Waals surface area contributed by atoms with Gasteiger partial charge in [-0.1, -0.05) is 17.7 Å². The highest BCUT2D eigenvalue weighted by Crippen LogP contribution is 2.28. The molecule has 0 aliphatic rings. The Labute approximate surface area is 141 Å². The number of aromatic nitrogens is 3. The fraction of sp³-hybridized carbons (Fsp3) is 0.188. The third-order valence-corrected chi connectivity index (χ3v) is 3.82. The van der Waals surface area contributed by atoms with E-state index in [0.29, 0.717) is 16.1 Å². The van der Waals surface area contributed by atoms with E-state index in [4.69, 9.17) is 16.3 Å². The highest BCUT2D eigenvalue weighted by Gasteiger charge is 2.17. The van der Waals surface area contributed by atoms with Gasteiger partial charge >= 0.3 is 0 Å². The highest BCUT2D eigenvalue weighted by atomic mass is 35.5. The molecule has 1 aromatic carbocycles. The number of nitriles is 1. The number of fused-ring (bicyclic) bond motifs is 1. The minimum absolute atomic E-state index is 0.0719. The van der Waals surface area contributed by atoms with Crippen LogP contribution < -0.4 is 4.74 Å². The lowest BCUT2D eigenvalue weighted by Crippen LogP contribution is -2.07. The van der Waals surface area contributed by atoms with Crippen molar-refractivity contribution >= 4 is 22.5 Å². The lowest BCUT2D eigenvalue weighted by molar-refractivity contribution is 0.147. The molecule has 3 rings (SSSR count). The molecule has 0 fully saturated rings. The number of ether oxygens (including phenoxy) is 1. The van der Waals surface area contributed by atoms with E-state index < -0.39 is 12.8 Å². The molecule has 0 spiro atoms. The molecular weight excluding hydrogens is 338 g/mol. The molecule has 0 saturated heterocycles. The maximum atomic E-state index is 12.6. The van der Waals surface area contributed by atoms with E-state index in [-0.39, 0.29) is 17.4 Å². The van der Waals surface area contributed by atoms with Gasteiger partial charge in [-0.25, -0.2) is 13.8 Å². The van der Waals surface area contributed by atoms with Crippen LogP contribution in [-0.2, 0) is 6.42 Å². The Morgan fingerprint density at radius 1 is 1.38 bits per heavy atom. The van der Waals surface area contributed by atoms with Gasteiger partial charge < -0.3 is 4.74 Å². The zero-order valence-electron chi connectivity index (χ0n) is 12.5. The first-order chi connectivity index (χ1) is 11.5. The van der Waals surface area contributed by atoms with Gasteiger partial charge in [0.15, 0.2) is 0 Å². The van der Waals surface area contributed by atoms with Gasteiger partial charge in [0.05, 0.1) is 23.2 Å². The number of benzene rings is 1. The summed E-state index contributed by atoms with van der Waals surface area (Å²) in [5.41, 5.74) is 1.05. The largest absolute Gasteiger partial charge is 0.481 e. The molecule has 2 heterocycles. The molecule has 0 atom stereocenters.